The SMILES string of the molecule is FN1C(C(F)(F)F)N1F. The lowest BCUT2D eigenvalue weighted by Crippen LogP contribution is -2.19. The summed E-state index contributed by atoms with van der Waals surface area (Å²) in [5.74, 6) is 0. The van der Waals surface area contributed by atoms with Crippen molar-refractivity contribution in [3.8, 4) is 0 Å². The molecule has 9 heavy (non-hydrogen) atoms. The second-order valence-electron chi connectivity index (χ2n) is 1.49. The quantitative estimate of drug-likeness (QED) is 0.289. The lowest BCUT2D eigenvalue weighted by molar-refractivity contribution is -0.152. The average molecular weight is 148 g/mol. The normalized spacial score (nSPS) is 43.0. The minimum atomic E-state index is -4.84. The van der Waals surface area contributed by atoms with E-state index in [9.17, 15) is 22.1 Å². The molecule has 0 spiro atoms. The molecule has 1 heterocycles. The van der Waals surface area contributed by atoms with E-state index in [4.69, 9.17) is 0 Å². The zero-order valence-electron chi connectivity index (χ0n) is 3.86. The summed E-state index contributed by atoms with van der Waals surface area (Å²) < 4.78 is 56.2. The molecule has 0 N–H and O–H groups in total. The number of nitrogens with zero attached hydrogens (tertiary/aromatic N) is 2. The number of halogens is 5. The molecule has 0 aromatic carbocycles. The highest BCUT2D eigenvalue weighted by molar-refractivity contribution is 4.77. The van der Waals surface area contributed by atoms with Crippen LogP contribution in [-0.4, -0.2) is 22.8 Å². The molecule has 2 unspecified atom stereocenters. The molecule has 0 aromatic rings. The fraction of sp³-hybridized carbons (Fsp3) is 1.00. The summed E-state index contributed by atoms with van der Waals surface area (Å²) in [6, 6.07) is 0. The molecule has 0 amide bonds. The molecule has 2 nitrogen and oxygen atoms in total. The first kappa shape index (κ1) is 6.69. The zero-order chi connectivity index (χ0) is 7.23. The number of hydrogen-bond acceptors (Lipinski definition) is 2. The minimum Gasteiger partial charge on any atom is -0.167 e. The van der Waals surface area contributed by atoms with Crippen LogP contribution in [0.1, 0.15) is 0 Å². The Kier molecular flexibility index (Phi) is 1.14. The van der Waals surface area contributed by atoms with E-state index in [-0.39, 0.29) is 0 Å². The first-order valence-corrected chi connectivity index (χ1v) is 1.91. The molecule has 0 saturated carbocycles. The number of alkyl halides is 3. The van der Waals surface area contributed by atoms with Crippen LogP contribution in [0.25, 0.3) is 0 Å². The van der Waals surface area contributed by atoms with E-state index < -0.39 is 22.8 Å². The molecule has 2 atom stereocenters. The number of rotatable bonds is 0. The first-order chi connectivity index (χ1) is 3.94. The van der Waals surface area contributed by atoms with Crippen molar-refractivity contribution in [2.75, 3.05) is 0 Å². The standard InChI is InChI=1S/C2HF5N2/c3-2(4,5)1-8(6)9(1)7/h1H. The van der Waals surface area contributed by atoms with Crippen LogP contribution >= 0.6 is 0 Å². The van der Waals surface area contributed by atoms with Gasteiger partial charge in [-0.1, -0.05) is 0 Å². The molecule has 0 aromatic heterocycles. The summed E-state index contributed by atoms with van der Waals surface area (Å²) in [6.07, 6.45) is -7.53. The van der Waals surface area contributed by atoms with Crippen molar-refractivity contribution in [2.45, 2.75) is 12.3 Å². The van der Waals surface area contributed by atoms with E-state index in [2.05, 4.69) is 0 Å². The van der Waals surface area contributed by atoms with Crippen molar-refractivity contribution >= 4 is 0 Å². The van der Waals surface area contributed by atoms with Crippen molar-refractivity contribution in [2.24, 2.45) is 0 Å². The van der Waals surface area contributed by atoms with Crippen LogP contribution in [0, 0.1) is 0 Å². The van der Waals surface area contributed by atoms with Gasteiger partial charge in [0.1, 0.15) is 0 Å². The largest absolute Gasteiger partial charge is 0.425 e. The molecule has 1 fully saturated rings. The molecule has 1 rings (SSSR count). The fourth-order valence-corrected chi connectivity index (χ4v) is 0.374. The smallest absolute Gasteiger partial charge is 0.167 e. The van der Waals surface area contributed by atoms with E-state index in [0.29, 0.717) is 0 Å². The van der Waals surface area contributed by atoms with E-state index in [1.807, 2.05) is 0 Å². The monoisotopic (exact) mass is 148 g/mol. The number of hydrogen-bond donors (Lipinski definition) is 0. The maximum Gasteiger partial charge on any atom is 0.425 e. The summed E-state index contributed by atoms with van der Waals surface area (Å²) in [5, 5.41) is -2.08. The highest BCUT2D eigenvalue weighted by Gasteiger charge is 2.65. The van der Waals surface area contributed by atoms with Gasteiger partial charge in [0.2, 0.25) is 0 Å². The van der Waals surface area contributed by atoms with Gasteiger partial charge in [0.05, 0.1) is 0 Å². The van der Waals surface area contributed by atoms with E-state index in [1.54, 1.807) is 0 Å². The topological polar surface area (TPSA) is 6.02 Å². The second kappa shape index (κ2) is 1.54. The summed E-state index contributed by atoms with van der Waals surface area (Å²) >= 11 is 0. The Bertz CT molecular complexity index is 113. The van der Waals surface area contributed by atoms with Crippen LogP contribution in [0.15, 0.2) is 0 Å². The maximum absolute atomic E-state index is 11.3. The lowest BCUT2D eigenvalue weighted by Gasteiger charge is -1.96. The highest BCUT2D eigenvalue weighted by atomic mass is 19.4. The molecule has 1 aliphatic rings. The van der Waals surface area contributed by atoms with E-state index >= 15 is 0 Å². The summed E-state index contributed by atoms with van der Waals surface area (Å²) in [6.45, 7) is 0. The minimum absolute atomic E-state index is 1.04. The molecule has 1 aliphatic heterocycles. The van der Waals surface area contributed by atoms with Crippen molar-refractivity contribution in [3.63, 3.8) is 0 Å². The highest BCUT2D eigenvalue weighted by Crippen LogP contribution is 2.40. The van der Waals surface area contributed by atoms with Gasteiger partial charge in [0.15, 0.2) is 0 Å². The molecule has 1 saturated heterocycles. The van der Waals surface area contributed by atoms with Crippen LogP contribution in [0.5, 0.6) is 0 Å². The van der Waals surface area contributed by atoms with Crippen LogP contribution in [0.4, 0.5) is 22.1 Å². The second-order valence-corrected chi connectivity index (χ2v) is 1.49. The predicted molar refractivity (Wildman–Crippen MR) is 15.7 cm³/mol. The van der Waals surface area contributed by atoms with Gasteiger partial charge in [-0.05, 0) is 10.5 Å². The van der Waals surface area contributed by atoms with E-state index in [0.717, 1.165) is 0 Å². The van der Waals surface area contributed by atoms with Gasteiger partial charge in [-0.15, -0.1) is 8.96 Å². The van der Waals surface area contributed by atoms with Crippen LogP contribution < -0.4 is 0 Å². The van der Waals surface area contributed by atoms with E-state index in [1.165, 1.54) is 0 Å². The summed E-state index contributed by atoms with van der Waals surface area (Å²) in [5.41, 5.74) is 0. The third-order valence-corrected chi connectivity index (χ3v) is 0.824. The van der Waals surface area contributed by atoms with Crippen LogP contribution in [0.2, 0.25) is 0 Å². The molecule has 0 bridgehead atoms. The Morgan fingerprint density at radius 2 is 1.33 bits per heavy atom. The Balaban J connectivity index is 2.50. The Morgan fingerprint density at radius 1 is 1.00 bits per heavy atom. The Morgan fingerprint density at radius 3 is 1.33 bits per heavy atom. The molecule has 0 aliphatic carbocycles. The molecular formula is C2HF5N2. The van der Waals surface area contributed by atoms with Crippen molar-refractivity contribution < 1.29 is 22.1 Å². The Hall–Kier alpha value is -0.430. The van der Waals surface area contributed by atoms with Gasteiger partial charge < -0.3 is 0 Å². The van der Waals surface area contributed by atoms with Gasteiger partial charge in [-0.2, -0.15) is 13.2 Å². The summed E-state index contributed by atoms with van der Waals surface area (Å²) in [7, 11) is 0. The average Bonchev–Trinajstić information content (AvgIpc) is 2.11. The molecule has 7 heteroatoms. The predicted octanol–water partition coefficient (Wildman–Crippen LogP) is 1.18. The van der Waals surface area contributed by atoms with Crippen molar-refractivity contribution in [3.05, 3.63) is 0 Å². The van der Waals surface area contributed by atoms with Gasteiger partial charge in [0.25, 0.3) is 6.17 Å². The van der Waals surface area contributed by atoms with Crippen LogP contribution in [0.3, 0.4) is 0 Å². The van der Waals surface area contributed by atoms with Gasteiger partial charge >= 0.3 is 6.18 Å². The Labute approximate surface area is 46.3 Å². The van der Waals surface area contributed by atoms with Gasteiger partial charge in [0, 0.05) is 0 Å². The van der Waals surface area contributed by atoms with Crippen molar-refractivity contribution in [1.29, 1.82) is 0 Å². The molecule has 0 radical (unpaired) electrons. The number of hydrazine groups is 1. The third-order valence-electron chi connectivity index (χ3n) is 0.824. The van der Waals surface area contributed by atoms with Crippen molar-refractivity contribution in [1.82, 2.24) is 10.5 Å². The van der Waals surface area contributed by atoms with Crippen LogP contribution in [-0.2, 0) is 0 Å². The lowest BCUT2D eigenvalue weighted by atomic mass is 10.6. The molecular weight excluding hydrogens is 147 g/mol. The first-order valence-electron chi connectivity index (χ1n) is 1.91. The zero-order valence-corrected chi connectivity index (χ0v) is 3.86. The van der Waals surface area contributed by atoms with Gasteiger partial charge in [-0.25, -0.2) is 0 Å². The third kappa shape index (κ3) is 0.969. The molecule has 54 valence electrons. The summed E-state index contributed by atoms with van der Waals surface area (Å²) in [4.78, 5) is 0. The van der Waals surface area contributed by atoms with Gasteiger partial charge in [-0.3, -0.25) is 0 Å². The fourth-order valence-electron chi connectivity index (χ4n) is 0.374. The maximum atomic E-state index is 11.3.